The third-order valence-electron chi connectivity index (χ3n) is 2.75. The van der Waals surface area contributed by atoms with Gasteiger partial charge in [0, 0.05) is 16.6 Å². The Morgan fingerprint density at radius 1 is 1.00 bits per heavy atom. The number of hydrogen-bond donors (Lipinski definition) is 1. The van der Waals surface area contributed by atoms with Crippen LogP contribution in [0, 0.1) is 11.6 Å². The van der Waals surface area contributed by atoms with Gasteiger partial charge >= 0.3 is 0 Å². The van der Waals surface area contributed by atoms with Gasteiger partial charge in [-0.2, -0.15) is 0 Å². The van der Waals surface area contributed by atoms with Crippen LogP contribution in [0.3, 0.4) is 0 Å². The molecule has 1 atom stereocenters. The first kappa shape index (κ1) is 14.5. The quantitative estimate of drug-likeness (QED) is 0.666. The number of hydrogen-bond acceptors (Lipinski definition) is 1. The molecule has 2 rings (SSSR count). The van der Waals surface area contributed by atoms with Crippen molar-refractivity contribution in [2.75, 3.05) is 5.32 Å². The van der Waals surface area contributed by atoms with Gasteiger partial charge in [-0.05, 0) is 40.5 Å². The van der Waals surface area contributed by atoms with Gasteiger partial charge in [0.05, 0.1) is 10.2 Å². The summed E-state index contributed by atoms with van der Waals surface area (Å²) in [5.74, 6) is -0.990. The van der Waals surface area contributed by atoms with Crippen molar-refractivity contribution in [1.29, 1.82) is 0 Å². The largest absolute Gasteiger partial charge is 0.376 e. The lowest BCUT2D eigenvalue weighted by Gasteiger charge is -2.18. The van der Waals surface area contributed by atoms with E-state index in [1.54, 1.807) is 0 Å². The SMILES string of the molecule is CC(Nc1cc(F)c(Br)cc1F)c1ccccc1Br. The normalized spacial score (nSPS) is 12.3. The maximum Gasteiger partial charge on any atom is 0.147 e. The van der Waals surface area contributed by atoms with Crippen molar-refractivity contribution in [3.05, 3.63) is 62.5 Å². The maximum atomic E-state index is 13.7. The first-order chi connectivity index (χ1) is 8.99. The van der Waals surface area contributed by atoms with Crippen molar-refractivity contribution in [3.63, 3.8) is 0 Å². The predicted molar refractivity (Wildman–Crippen MR) is 80.2 cm³/mol. The van der Waals surface area contributed by atoms with Gasteiger partial charge in [-0.25, -0.2) is 8.78 Å². The lowest BCUT2D eigenvalue weighted by Crippen LogP contribution is -2.09. The minimum absolute atomic E-state index is 0.115. The highest BCUT2D eigenvalue weighted by molar-refractivity contribution is 9.10. The molecule has 2 aromatic carbocycles. The summed E-state index contributed by atoms with van der Waals surface area (Å²) in [5.41, 5.74) is 1.12. The van der Waals surface area contributed by atoms with Crippen molar-refractivity contribution in [2.24, 2.45) is 0 Å². The molecule has 0 heterocycles. The molecule has 0 radical (unpaired) electrons. The Labute approximate surface area is 127 Å². The van der Waals surface area contributed by atoms with E-state index in [0.717, 1.165) is 22.2 Å². The Morgan fingerprint density at radius 2 is 1.68 bits per heavy atom. The minimum Gasteiger partial charge on any atom is -0.376 e. The minimum atomic E-state index is -0.497. The van der Waals surface area contributed by atoms with Crippen LogP contribution in [0.15, 0.2) is 45.3 Å². The molecule has 0 aliphatic rings. The van der Waals surface area contributed by atoms with E-state index in [1.807, 2.05) is 31.2 Å². The summed E-state index contributed by atoms with van der Waals surface area (Å²) >= 11 is 6.39. The maximum absolute atomic E-state index is 13.7. The van der Waals surface area contributed by atoms with Gasteiger partial charge in [-0.1, -0.05) is 34.1 Å². The van der Waals surface area contributed by atoms with Gasteiger partial charge in [0.25, 0.3) is 0 Å². The number of halogens is 4. The summed E-state index contributed by atoms with van der Waals surface area (Å²) in [7, 11) is 0. The van der Waals surface area contributed by atoms with Crippen molar-refractivity contribution in [1.82, 2.24) is 0 Å². The van der Waals surface area contributed by atoms with Gasteiger partial charge in [0.2, 0.25) is 0 Å². The number of benzene rings is 2. The van der Waals surface area contributed by atoms with E-state index >= 15 is 0 Å². The smallest absolute Gasteiger partial charge is 0.147 e. The van der Waals surface area contributed by atoms with E-state index in [9.17, 15) is 8.78 Å². The standard InChI is InChI=1S/C14H11Br2F2N/c1-8(9-4-2-3-5-10(9)15)19-14-7-12(17)11(16)6-13(14)18/h2-8,19H,1H3. The second kappa shape index (κ2) is 6.01. The molecule has 100 valence electrons. The fraction of sp³-hybridized carbons (Fsp3) is 0.143. The topological polar surface area (TPSA) is 12.0 Å². The lowest BCUT2D eigenvalue weighted by molar-refractivity contribution is 0.595. The summed E-state index contributed by atoms with van der Waals surface area (Å²) < 4.78 is 28.2. The lowest BCUT2D eigenvalue weighted by atomic mass is 10.1. The summed E-state index contributed by atoms with van der Waals surface area (Å²) in [6.07, 6.45) is 0. The average Bonchev–Trinajstić information content (AvgIpc) is 2.36. The molecule has 1 N–H and O–H groups in total. The summed E-state index contributed by atoms with van der Waals surface area (Å²) in [6, 6.07) is 9.75. The summed E-state index contributed by atoms with van der Waals surface area (Å²) in [5, 5.41) is 2.97. The van der Waals surface area contributed by atoms with Crippen LogP contribution in [0.2, 0.25) is 0 Å². The zero-order chi connectivity index (χ0) is 14.0. The molecule has 5 heteroatoms. The number of nitrogens with one attached hydrogen (secondary N) is 1. The first-order valence-corrected chi connectivity index (χ1v) is 7.23. The number of anilines is 1. The molecule has 0 amide bonds. The van der Waals surface area contributed by atoms with Crippen LogP contribution in [0.5, 0.6) is 0 Å². The third-order valence-corrected chi connectivity index (χ3v) is 4.08. The zero-order valence-corrected chi connectivity index (χ0v) is 13.2. The van der Waals surface area contributed by atoms with Crippen LogP contribution in [-0.4, -0.2) is 0 Å². The van der Waals surface area contributed by atoms with Crippen LogP contribution in [-0.2, 0) is 0 Å². The van der Waals surface area contributed by atoms with Crippen LogP contribution < -0.4 is 5.32 Å². The molecule has 0 bridgehead atoms. The molecule has 0 saturated carbocycles. The molecule has 19 heavy (non-hydrogen) atoms. The molecule has 1 nitrogen and oxygen atoms in total. The highest BCUT2D eigenvalue weighted by Crippen LogP contribution is 2.29. The highest BCUT2D eigenvalue weighted by Gasteiger charge is 2.13. The Kier molecular flexibility index (Phi) is 4.58. The van der Waals surface area contributed by atoms with E-state index in [1.165, 1.54) is 0 Å². The van der Waals surface area contributed by atoms with Crippen LogP contribution in [0.1, 0.15) is 18.5 Å². The van der Waals surface area contributed by atoms with Gasteiger partial charge in [-0.3, -0.25) is 0 Å². The second-order valence-electron chi connectivity index (χ2n) is 4.13. The van der Waals surface area contributed by atoms with E-state index in [2.05, 4.69) is 37.2 Å². The molecule has 0 saturated heterocycles. The molecule has 0 aliphatic carbocycles. The van der Waals surface area contributed by atoms with E-state index in [4.69, 9.17) is 0 Å². The Morgan fingerprint density at radius 3 is 2.37 bits per heavy atom. The fourth-order valence-corrected chi connectivity index (χ4v) is 2.71. The summed E-state index contributed by atoms with van der Waals surface area (Å²) in [4.78, 5) is 0. The molecular formula is C14H11Br2F2N. The Balaban J connectivity index is 2.27. The molecule has 0 aliphatic heterocycles. The van der Waals surface area contributed by atoms with Gasteiger partial charge < -0.3 is 5.32 Å². The molecular weight excluding hydrogens is 380 g/mol. The van der Waals surface area contributed by atoms with E-state index in [-0.39, 0.29) is 16.2 Å². The molecule has 0 fully saturated rings. The van der Waals surface area contributed by atoms with Crippen molar-refractivity contribution in [3.8, 4) is 0 Å². The molecule has 1 unspecified atom stereocenters. The summed E-state index contributed by atoms with van der Waals surface area (Å²) in [6.45, 7) is 1.89. The van der Waals surface area contributed by atoms with Gasteiger partial charge in [0.1, 0.15) is 11.6 Å². The van der Waals surface area contributed by atoms with Crippen LogP contribution in [0.4, 0.5) is 14.5 Å². The molecule has 2 aromatic rings. The van der Waals surface area contributed by atoms with Crippen LogP contribution in [0.25, 0.3) is 0 Å². The van der Waals surface area contributed by atoms with Gasteiger partial charge in [0.15, 0.2) is 0 Å². The van der Waals surface area contributed by atoms with E-state index < -0.39 is 11.6 Å². The fourth-order valence-electron chi connectivity index (χ4n) is 1.77. The van der Waals surface area contributed by atoms with Gasteiger partial charge in [-0.15, -0.1) is 0 Å². The average molecular weight is 391 g/mol. The van der Waals surface area contributed by atoms with Crippen molar-refractivity contribution in [2.45, 2.75) is 13.0 Å². The zero-order valence-electron chi connectivity index (χ0n) is 10.1. The molecule has 0 aromatic heterocycles. The van der Waals surface area contributed by atoms with Crippen molar-refractivity contribution >= 4 is 37.5 Å². The van der Waals surface area contributed by atoms with Crippen LogP contribution >= 0.6 is 31.9 Å². The van der Waals surface area contributed by atoms with E-state index in [0.29, 0.717) is 0 Å². The predicted octanol–water partition coefficient (Wildman–Crippen LogP) is 5.66. The number of rotatable bonds is 3. The second-order valence-corrected chi connectivity index (χ2v) is 5.84. The third kappa shape index (κ3) is 3.34. The monoisotopic (exact) mass is 389 g/mol. The van der Waals surface area contributed by atoms with Crippen molar-refractivity contribution < 1.29 is 8.78 Å². The Hall–Kier alpha value is -0.940. The highest BCUT2D eigenvalue weighted by atomic mass is 79.9. The Bertz CT molecular complexity index is 602. The molecule has 0 spiro atoms. The first-order valence-electron chi connectivity index (χ1n) is 5.64.